The van der Waals surface area contributed by atoms with Gasteiger partial charge in [-0.15, -0.1) is 0 Å². The number of amides is 1. The molecule has 0 aliphatic carbocycles. The van der Waals surface area contributed by atoms with Crippen LogP contribution in [0.4, 0.5) is 10.1 Å². The molecule has 1 amide bonds. The van der Waals surface area contributed by atoms with Crippen molar-refractivity contribution in [3.05, 3.63) is 59.9 Å². The Morgan fingerprint density at radius 2 is 1.82 bits per heavy atom. The first kappa shape index (κ1) is 14.3. The summed E-state index contributed by atoms with van der Waals surface area (Å²) in [5.74, 6) is -1.24. The molecule has 0 bridgehead atoms. The van der Waals surface area contributed by atoms with Crippen LogP contribution in [0, 0.1) is 5.82 Å². The maximum Gasteiger partial charge on any atom is 0.343 e. The topological polar surface area (TPSA) is 46.6 Å². The molecule has 0 N–H and O–H groups in total. The molecule has 1 heterocycles. The van der Waals surface area contributed by atoms with E-state index >= 15 is 0 Å². The molecule has 1 fully saturated rings. The number of hydrogen-bond donors (Lipinski definition) is 0. The van der Waals surface area contributed by atoms with E-state index in [1.807, 2.05) is 0 Å². The quantitative estimate of drug-likeness (QED) is 0.646. The van der Waals surface area contributed by atoms with Crippen molar-refractivity contribution in [2.45, 2.75) is 12.8 Å². The van der Waals surface area contributed by atoms with Gasteiger partial charge in [-0.05, 0) is 42.8 Å². The van der Waals surface area contributed by atoms with E-state index in [0.717, 1.165) is 12.1 Å². The van der Waals surface area contributed by atoms with Gasteiger partial charge in [0.1, 0.15) is 0 Å². The summed E-state index contributed by atoms with van der Waals surface area (Å²) in [6.45, 7) is 0.692. The molecule has 1 aliphatic rings. The zero-order chi connectivity index (χ0) is 15.5. The standard InChI is InChI=1S/C17H14FNO3/c18-14-4-1-2-5-15(14)22-17(21)12-7-9-13(10-8-12)19-11-3-6-16(19)20/h1-2,4-5,7-10H,3,6,11H2. The van der Waals surface area contributed by atoms with Crippen molar-refractivity contribution in [2.24, 2.45) is 0 Å². The third-order valence-corrected chi connectivity index (χ3v) is 3.53. The molecule has 0 spiro atoms. The summed E-state index contributed by atoms with van der Waals surface area (Å²) < 4.78 is 18.5. The molecule has 0 saturated carbocycles. The fourth-order valence-electron chi connectivity index (χ4n) is 2.38. The second kappa shape index (κ2) is 5.97. The van der Waals surface area contributed by atoms with E-state index in [0.29, 0.717) is 18.5 Å². The van der Waals surface area contributed by atoms with Gasteiger partial charge >= 0.3 is 5.97 Å². The van der Waals surface area contributed by atoms with Gasteiger partial charge in [0.25, 0.3) is 0 Å². The molecule has 112 valence electrons. The lowest BCUT2D eigenvalue weighted by atomic mass is 10.2. The van der Waals surface area contributed by atoms with Gasteiger partial charge in [-0.25, -0.2) is 9.18 Å². The Morgan fingerprint density at radius 3 is 2.45 bits per heavy atom. The summed E-state index contributed by atoms with van der Waals surface area (Å²) in [4.78, 5) is 25.3. The van der Waals surface area contributed by atoms with Crippen LogP contribution in [-0.4, -0.2) is 18.4 Å². The maximum atomic E-state index is 13.5. The van der Waals surface area contributed by atoms with Crippen LogP contribution in [0.1, 0.15) is 23.2 Å². The molecule has 0 radical (unpaired) electrons. The largest absolute Gasteiger partial charge is 0.420 e. The second-order valence-corrected chi connectivity index (χ2v) is 5.02. The highest BCUT2D eigenvalue weighted by Crippen LogP contribution is 2.22. The summed E-state index contributed by atoms with van der Waals surface area (Å²) >= 11 is 0. The Morgan fingerprint density at radius 1 is 1.09 bits per heavy atom. The SMILES string of the molecule is O=C(Oc1ccccc1F)c1ccc(N2CCCC2=O)cc1. The zero-order valence-corrected chi connectivity index (χ0v) is 11.8. The zero-order valence-electron chi connectivity index (χ0n) is 11.8. The van der Waals surface area contributed by atoms with E-state index in [2.05, 4.69) is 0 Å². The average Bonchev–Trinajstić information content (AvgIpc) is 2.96. The molecule has 2 aromatic rings. The van der Waals surface area contributed by atoms with Crippen molar-refractivity contribution >= 4 is 17.6 Å². The lowest BCUT2D eigenvalue weighted by molar-refractivity contribution is -0.117. The van der Waals surface area contributed by atoms with Crippen molar-refractivity contribution < 1.29 is 18.7 Å². The van der Waals surface area contributed by atoms with Gasteiger partial charge < -0.3 is 9.64 Å². The molecule has 5 heteroatoms. The molecular weight excluding hydrogens is 285 g/mol. The van der Waals surface area contributed by atoms with Crippen LogP contribution >= 0.6 is 0 Å². The van der Waals surface area contributed by atoms with E-state index < -0.39 is 11.8 Å². The van der Waals surface area contributed by atoms with Crippen molar-refractivity contribution in [3.63, 3.8) is 0 Å². The molecule has 1 saturated heterocycles. The van der Waals surface area contributed by atoms with E-state index in [4.69, 9.17) is 4.74 Å². The van der Waals surface area contributed by atoms with E-state index in [-0.39, 0.29) is 11.7 Å². The fourth-order valence-corrected chi connectivity index (χ4v) is 2.38. The predicted octanol–water partition coefficient (Wildman–Crippen LogP) is 3.17. The number of nitrogens with zero attached hydrogens (tertiary/aromatic N) is 1. The Labute approximate surface area is 127 Å². The summed E-state index contributed by atoms with van der Waals surface area (Å²) in [6, 6.07) is 12.3. The molecule has 0 atom stereocenters. The van der Waals surface area contributed by atoms with Gasteiger partial charge in [0.15, 0.2) is 11.6 Å². The highest BCUT2D eigenvalue weighted by Gasteiger charge is 2.22. The summed E-state index contributed by atoms with van der Waals surface area (Å²) in [5, 5.41) is 0. The Bertz CT molecular complexity index is 712. The number of hydrogen-bond acceptors (Lipinski definition) is 3. The van der Waals surface area contributed by atoms with Crippen LogP contribution in [0.25, 0.3) is 0 Å². The monoisotopic (exact) mass is 299 g/mol. The van der Waals surface area contributed by atoms with E-state index in [9.17, 15) is 14.0 Å². The molecule has 0 unspecified atom stereocenters. The third-order valence-electron chi connectivity index (χ3n) is 3.53. The summed E-state index contributed by atoms with van der Waals surface area (Å²) in [5.41, 5.74) is 1.06. The van der Waals surface area contributed by atoms with Crippen LogP contribution in [0.5, 0.6) is 5.75 Å². The highest BCUT2D eigenvalue weighted by molar-refractivity contribution is 5.96. The van der Waals surface area contributed by atoms with E-state index in [1.165, 1.54) is 18.2 Å². The number of carbonyl (C=O) groups is 2. The molecule has 3 rings (SSSR count). The number of halogens is 1. The van der Waals surface area contributed by atoms with Gasteiger partial charge in [-0.3, -0.25) is 4.79 Å². The van der Waals surface area contributed by atoms with Gasteiger partial charge in [-0.1, -0.05) is 12.1 Å². The molecular formula is C17H14FNO3. The van der Waals surface area contributed by atoms with Crippen LogP contribution in [0.15, 0.2) is 48.5 Å². The van der Waals surface area contributed by atoms with Gasteiger partial charge in [0.2, 0.25) is 5.91 Å². The van der Waals surface area contributed by atoms with Crippen molar-refractivity contribution in [1.29, 1.82) is 0 Å². The van der Waals surface area contributed by atoms with Gasteiger partial charge in [0, 0.05) is 18.7 Å². The van der Waals surface area contributed by atoms with Gasteiger partial charge in [0.05, 0.1) is 5.56 Å². The Hall–Kier alpha value is -2.69. The normalized spacial score (nSPS) is 14.2. The maximum absolute atomic E-state index is 13.5. The van der Waals surface area contributed by atoms with Gasteiger partial charge in [-0.2, -0.15) is 0 Å². The summed E-state index contributed by atoms with van der Waals surface area (Å²) in [6.07, 6.45) is 1.40. The first-order chi connectivity index (χ1) is 10.6. The number of benzene rings is 2. The van der Waals surface area contributed by atoms with Crippen LogP contribution in [0.2, 0.25) is 0 Å². The minimum atomic E-state index is -0.635. The van der Waals surface area contributed by atoms with Crippen LogP contribution in [-0.2, 0) is 4.79 Å². The average molecular weight is 299 g/mol. The summed E-state index contributed by atoms with van der Waals surface area (Å²) in [7, 11) is 0. The van der Waals surface area contributed by atoms with E-state index in [1.54, 1.807) is 35.2 Å². The molecule has 4 nitrogen and oxygen atoms in total. The van der Waals surface area contributed by atoms with Crippen LogP contribution < -0.4 is 9.64 Å². The lowest BCUT2D eigenvalue weighted by Crippen LogP contribution is -2.23. The third kappa shape index (κ3) is 2.83. The Kier molecular flexibility index (Phi) is 3.87. The highest BCUT2D eigenvalue weighted by atomic mass is 19.1. The Balaban J connectivity index is 1.74. The smallest absolute Gasteiger partial charge is 0.343 e. The predicted molar refractivity (Wildman–Crippen MR) is 79.4 cm³/mol. The number of carbonyl (C=O) groups excluding carboxylic acids is 2. The minimum Gasteiger partial charge on any atom is -0.420 e. The fraction of sp³-hybridized carbons (Fsp3) is 0.176. The second-order valence-electron chi connectivity index (χ2n) is 5.02. The number of ether oxygens (including phenoxy) is 1. The number of rotatable bonds is 3. The first-order valence-corrected chi connectivity index (χ1v) is 7.02. The molecule has 2 aromatic carbocycles. The van der Waals surface area contributed by atoms with Crippen molar-refractivity contribution in [3.8, 4) is 5.75 Å². The van der Waals surface area contributed by atoms with Crippen molar-refractivity contribution in [1.82, 2.24) is 0 Å². The lowest BCUT2D eigenvalue weighted by Gasteiger charge is -2.15. The minimum absolute atomic E-state index is 0.0849. The molecule has 22 heavy (non-hydrogen) atoms. The molecule has 0 aromatic heterocycles. The number of esters is 1. The first-order valence-electron chi connectivity index (χ1n) is 7.02. The number of para-hydroxylation sites is 1. The van der Waals surface area contributed by atoms with Crippen molar-refractivity contribution in [2.75, 3.05) is 11.4 Å². The molecule has 1 aliphatic heterocycles. The van der Waals surface area contributed by atoms with Crippen LogP contribution in [0.3, 0.4) is 0 Å². The number of anilines is 1.